The average Bonchev–Trinajstić information content (AvgIpc) is 2.56. The molecule has 1 nitrogen and oxygen atoms in total. The molecule has 0 aliphatic heterocycles. The molecular weight excluding hydrogens is 294 g/mol. The van der Waals surface area contributed by atoms with Gasteiger partial charge in [-0.25, -0.2) is 0 Å². The van der Waals surface area contributed by atoms with Crippen molar-refractivity contribution in [1.29, 1.82) is 0 Å². The van der Waals surface area contributed by atoms with E-state index < -0.39 is 6.61 Å². The van der Waals surface area contributed by atoms with E-state index in [1.165, 1.54) is 5.56 Å². The van der Waals surface area contributed by atoms with Crippen molar-refractivity contribution >= 4 is 0 Å². The molecule has 116 valence electrons. The monoisotopic (exact) mass is 310 g/mol. The first-order valence-corrected chi connectivity index (χ1v) is 7.35. The van der Waals surface area contributed by atoms with E-state index >= 15 is 0 Å². The third-order valence-electron chi connectivity index (χ3n) is 3.66. The maximum atomic E-state index is 12.5. The third kappa shape index (κ3) is 3.57. The molecule has 0 radical (unpaired) electrons. The SMILES string of the molecule is Cc1ccc(-c2ccc(OC(F)F)cc2-c2ccccc2)cc1. The van der Waals surface area contributed by atoms with Crippen molar-refractivity contribution < 1.29 is 13.5 Å². The highest BCUT2D eigenvalue weighted by molar-refractivity contribution is 5.84. The van der Waals surface area contributed by atoms with E-state index in [0.717, 1.165) is 22.3 Å². The molecule has 3 rings (SSSR count). The minimum absolute atomic E-state index is 0.162. The number of ether oxygens (including phenoxy) is 1. The third-order valence-corrected chi connectivity index (χ3v) is 3.66. The molecule has 0 spiro atoms. The molecular formula is C20H16F2O. The predicted octanol–water partition coefficient (Wildman–Crippen LogP) is 5.93. The number of hydrogen-bond donors (Lipinski definition) is 0. The molecule has 0 aromatic heterocycles. The summed E-state index contributed by atoms with van der Waals surface area (Å²) in [6.45, 7) is -0.801. The van der Waals surface area contributed by atoms with Gasteiger partial charge in [0.1, 0.15) is 5.75 Å². The van der Waals surface area contributed by atoms with Crippen LogP contribution in [0.4, 0.5) is 8.78 Å². The normalized spacial score (nSPS) is 10.8. The second-order valence-corrected chi connectivity index (χ2v) is 5.32. The van der Waals surface area contributed by atoms with E-state index in [9.17, 15) is 8.78 Å². The molecule has 3 heteroatoms. The van der Waals surface area contributed by atoms with Crippen LogP contribution in [0.2, 0.25) is 0 Å². The largest absolute Gasteiger partial charge is 0.435 e. The first kappa shape index (κ1) is 15.2. The van der Waals surface area contributed by atoms with Gasteiger partial charge in [0.15, 0.2) is 0 Å². The van der Waals surface area contributed by atoms with Crippen LogP contribution in [0.25, 0.3) is 22.3 Å². The van der Waals surface area contributed by atoms with Crippen molar-refractivity contribution in [2.24, 2.45) is 0 Å². The molecule has 0 heterocycles. The summed E-state index contributed by atoms with van der Waals surface area (Å²) in [6, 6.07) is 22.9. The Labute approximate surface area is 134 Å². The Morgan fingerprint density at radius 1 is 0.739 bits per heavy atom. The zero-order valence-corrected chi connectivity index (χ0v) is 12.7. The minimum atomic E-state index is -2.83. The van der Waals surface area contributed by atoms with Crippen molar-refractivity contribution in [3.05, 3.63) is 78.4 Å². The Hall–Kier alpha value is -2.68. The first-order valence-electron chi connectivity index (χ1n) is 7.35. The van der Waals surface area contributed by atoms with Gasteiger partial charge in [0.25, 0.3) is 0 Å². The molecule has 0 aliphatic rings. The van der Waals surface area contributed by atoms with E-state index in [1.54, 1.807) is 12.1 Å². The van der Waals surface area contributed by atoms with Gasteiger partial charge < -0.3 is 4.74 Å². The van der Waals surface area contributed by atoms with E-state index in [-0.39, 0.29) is 5.75 Å². The second-order valence-electron chi connectivity index (χ2n) is 5.32. The Kier molecular flexibility index (Phi) is 4.38. The molecule has 0 N–H and O–H groups in total. The molecule has 3 aromatic carbocycles. The van der Waals surface area contributed by atoms with Gasteiger partial charge in [-0.1, -0.05) is 66.2 Å². The van der Waals surface area contributed by atoms with Crippen molar-refractivity contribution in [1.82, 2.24) is 0 Å². The van der Waals surface area contributed by atoms with Crippen molar-refractivity contribution in [2.75, 3.05) is 0 Å². The fourth-order valence-corrected chi connectivity index (χ4v) is 2.54. The maximum absolute atomic E-state index is 12.5. The molecule has 0 unspecified atom stereocenters. The molecule has 0 fully saturated rings. The van der Waals surface area contributed by atoms with Crippen LogP contribution in [0.1, 0.15) is 5.56 Å². The van der Waals surface area contributed by atoms with Gasteiger partial charge in [-0.3, -0.25) is 0 Å². The average molecular weight is 310 g/mol. The van der Waals surface area contributed by atoms with Gasteiger partial charge in [-0.05, 0) is 41.3 Å². The van der Waals surface area contributed by atoms with Crippen LogP contribution >= 0.6 is 0 Å². The van der Waals surface area contributed by atoms with Crippen LogP contribution < -0.4 is 4.74 Å². The Morgan fingerprint density at radius 2 is 1.39 bits per heavy atom. The summed E-state index contributed by atoms with van der Waals surface area (Å²) in [7, 11) is 0. The summed E-state index contributed by atoms with van der Waals surface area (Å²) in [6.07, 6.45) is 0. The highest BCUT2D eigenvalue weighted by Gasteiger charge is 2.11. The summed E-state index contributed by atoms with van der Waals surface area (Å²) >= 11 is 0. The number of aryl methyl sites for hydroxylation is 1. The van der Waals surface area contributed by atoms with Gasteiger partial charge in [-0.2, -0.15) is 8.78 Å². The van der Waals surface area contributed by atoms with E-state index in [4.69, 9.17) is 0 Å². The quantitative estimate of drug-likeness (QED) is 0.580. The zero-order chi connectivity index (χ0) is 16.2. The highest BCUT2D eigenvalue weighted by Crippen LogP contribution is 2.35. The van der Waals surface area contributed by atoms with E-state index in [2.05, 4.69) is 4.74 Å². The highest BCUT2D eigenvalue weighted by atomic mass is 19.3. The lowest BCUT2D eigenvalue weighted by atomic mass is 9.94. The fraction of sp³-hybridized carbons (Fsp3) is 0.100. The lowest BCUT2D eigenvalue weighted by Crippen LogP contribution is -2.02. The lowest BCUT2D eigenvalue weighted by molar-refractivity contribution is -0.0498. The molecule has 0 atom stereocenters. The standard InChI is InChI=1S/C20H16F2O/c1-14-7-9-16(10-8-14)18-12-11-17(23-20(21)22)13-19(18)15-5-3-2-4-6-15/h2-13,20H,1H3. The summed E-state index contributed by atoms with van der Waals surface area (Å²) in [4.78, 5) is 0. The summed E-state index contributed by atoms with van der Waals surface area (Å²) < 4.78 is 29.6. The molecule has 0 saturated heterocycles. The van der Waals surface area contributed by atoms with Crippen molar-refractivity contribution in [3.8, 4) is 28.0 Å². The number of benzene rings is 3. The van der Waals surface area contributed by atoms with Gasteiger partial charge in [-0.15, -0.1) is 0 Å². The van der Waals surface area contributed by atoms with E-state index in [0.29, 0.717) is 0 Å². The van der Waals surface area contributed by atoms with Gasteiger partial charge in [0.2, 0.25) is 0 Å². The Bertz CT molecular complexity index is 780. The van der Waals surface area contributed by atoms with Gasteiger partial charge in [0, 0.05) is 0 Å². The maximum Gasteiger partial charge on any atom is 0.387 e. The molecule has 0 bridgehead atoms. The number of alkyl halides is 2. The molecule has 0 amide bonds. The number of rotatable bonds is 4. The number of halogens is 2. The molecule has 3 aromatic rings. The molecule has 23 heavy (non-hydrogen) atoms. The van der Waals surface area contributed by atoms with Crippen LogP contribution in [0.15, 0.2) is 72.8 Å². The summed E-state index contributed by atoms with van der Waals surface area (Å²) in [5, 5.41) is 0. The van der Waals surface area contributed by atoms with Crippen LogP contribution in [-0.4, -0.2) is 6.61 Å². The zero-order valence-electron chi connectivity index (χ0n) is 12.7. The first-order chi connectivity index (χ1) is 11.1. The summed E-state index contributed by atoms with van der Waals surface area (Å²) in [5.41, 5.74) is 5.03. The van der Waals surface area contributed by atoms with Crippen molar-refractivity contribution in [2.45, 2.75) is 13.5 Å². The van der Waals surface area contributed by atoms with E-state index in [1.807, 2.05) is 67.6 Å². The smallest absolute Gasteiger partial charge is 0.387 e. The topological polar surface area (TPSA) is 9.23 Å². The van der Waals surface area contributed by atoms with Crippen LogP contribution in [0, 0.1) is 6.92 Å². The second kappa shape index (κ2) is 6.61. The predicted molar refractivity (Wildman–Crippen MR) is 88.7 cm³/mol. The van der Waals surface area contributed by atoms with Gasteiger partial charge >= 0.3 is 6.61 Å². The minimum Gasteiger partial charge on any atom is -0.435 e. The van der Waals surface area contributed by atoms with Gasteiger partial charge in [0.05, 0.1) is 0 Å². The Balaban J connectivity index is 2.13. The lowest BCUT2D eigenvalue weighted by Gasteiger charge is -2.13. The Morgan fingerprint density at radius 3 is 2.04 bits per heavy atom. The van der Waals surface area contributed by atoms with Crippen LogP contribution in [0.3, 0.4) is 0 Å². The van der Waals surface area contributed by atoms with Crippen LogP contribution in [-0.2, 0) is 0 Å². The fourth-order valence-electron chi connectivity index (χ4n) is 2.54. The molecule has 0 saturated carbocycles. The summed E-state index contributed by atoms with van der Waals surface area (Å²) in [5.74, 6) is 0.162. The van der Waals surface area contributed by atoms with Crippen LogP contribution in [0.5, 0.6) is 5.75 Å². The number of hydrogen-bond acceptors (Lipinski definition) is 1. The molecule has 0 aliphatic carbocycles. The van der Waals surface area contributed by atoms with Crippen molar-refractivity contribution in [3.63, 3.8) is 0 Å².